The third kappa shape index (κ3) is 3.07. The Kier molecular flexibility index (Phi) is 5.04. The summed E-state index contributed by atoms with van der Waals surface area (Å²) in [5, 5.41) is 8.64. The molecular formula is C9H11ClFNO3. The van der Waals surface area contributed by atoms with Crippen LogP contribution in [0.25, 0.3) is 0 Å². The van der Waals surface area contributed by atoms with Crippen molar-refractivity contribution in [2.24, 2.45) is 5.73 Å². The quantitative estimate of drug-likeness (QED) is 0.829. The highest BCUT2D eigenvalue weighted by Crippen LogP contribution is 2.24. The normalized spacial score (nSPS) is 11.4. The Morgan fingerprint density at radius 2 is 2.20 bits per heavy atom. The Balaban J connectivity index is 0.00000196. The maximum absolute atomic E-state index is 12.8. The summed E-state index contributed by atoms with van der Waals surface area (Å²) in [5.74, 6) is -1.51. The molecule has 1 rings (SSSR count). The Morgan fingerprint density at radius 3 is 2.67 bits per heavy atom. The lowest BCUT2D eigenvalue weighted by Gasteiger charge is -2.11. The highest BCUT2D eigenvalue weighted by Gasteiger charge is 2.19. The SMILES string of the molecule is COc1ccc(F)cc1C(N)C(=O)O.Cl. The van der Waals surface area contributed by atoms with E-state index in [0.717, 1.165) is 6.07 Å². The van der Waals surface area contributed by atoms with E-state index in [2.05, 4.69) is 0 Å². The highest BCUT2D eigenvalue weighted by atomic mass is 35.5. The summed E-state index contributed by atoms with van der Waals surface area (Å²) >= 11 is 0. The standard InChI is InChI=1S/C9H10FNO3.ClH/c1-14-7-3-2-5(10)4-6(7)8(11)9(12)13;/h2-4,8H,11H2,1H3,(H,12,13);1H. The minimum Gasteiger partial charge on any atom is -0.496 e. The lowest BCUT2D eigenvalue weighted by molar-refractivity contribution is -0.138. The van der Waals surface area contributed by atoms with Gasteiger partial charge in [0, 0.05) is 5.56 Å². The molecular weight excluding hydrogens is 225 g/mol. The first-order chi connectivity index (χ1) is 6.56. The van der Waals surface area contributed by atoms with Crippen molar-refractivity contribution >= 4 is 18.4 Å². The van der Waals surface area contributed by atoms with E-state index in [-0.39, 0.29) is 23.7 Å². The fourth-order valence-corrected chi connectivity index (χ4v) is 1.08. The zero-order chi connectivity index (χ0) is 10.7. The van der Waals surface area contributed by atoms with Gasteiger partial charge in [0.2, 0.25) is 0 Å². The zero-order valence-electron chi connectivity index (χ0n) is 7.94. The van der Waals surface area contributed by atoms with Gasteiger partial charge in [0.05, 0.1) is 7.11 Å². The van der Waals surface area contributed by atoms with Gasteiger partial charge in [-0.25, -0.2) is 4.39 Å². The number of carbonyl (C=O) groups is 1. The number of hydrogen-bond donors (Lipinski definition) is 2. The summed E-state index contributed by atoms with van der Waals surface area (Å²) in [6.45, 7) is 0. The molecule has 0 aliphatic carbocycles. The van der Waals surface area contributed by atoms with Gasteiger partial charge in [-0.1, -0.05) is 0 Å². The summed E-state index contributed by atoms with van der Waals surface area (Å²) in [6.07, 6.45) is 0. The molecule has 1 atom stereocenters. The number of methoxy groups -OCH3 is 1. The van der Waals surface area contributed by atoms with Crippen LogP contribution in [-0.4, -0.2) is 18.2 Å². The molecule has 1 aromatic carbocycles. The molecule has 0 radical (unpaired) electrons. The van der Waals surface area contributed by atoms with E-state index in [1.54, 1.807) is 0 Å². The number of aliphatic carboxylic acids is 1. The summed E-state index contributed by atoms with van der Waals surface area (Å²) < 4.78 is 17.7. The number of ether oxygens (including phenoxy) is 1. The van der Waals surface area contributed by atoms with Gasteiger partial charge in [-0.3, -0.25) is 4.79 Å². The van der Waals surface area contributed by atoms with Crippen LogP contribution in [0.1, 0.15) is 11.6 Å². The van der Waals surface area contributed by atoms with Crippen molar-refractivity contribution in [3.05, 3.63) is 29.6 Å². The molecule has 15 heavy (non-hydrogen) atoms. The number of carboxylic acid groups (broad SMARTS) is 1. The lowest BCUT2D eigenvalue weighted by Crippen LogP contribution is -2.21. The first kappa shape index (κ1) is 13.7. The maximum atomic E-state index is 12.8. The van der Waals surface area contributed by atoms with Crippen molar-refractivity contribution < 1.29 is 19.0 Å². The molecule has 0 amide bonds. The van der Waals surface area contributed by atoms with Crippen molar-refractivity contribution in [3.63, 3.8) is 0 Å². The second kappa shape index (κ2) is 5.53. The first-order valence-corrected chi connectivity index (χ1v) is 3.88. The van der Waals surface area contributed by atoms with Crippen molar-refractivity contribution in [1.29, 1.82) is 0 Å². The third-order valence-electron chi connectivity index (χ3n) is 1.79. The van der Waals surface area contributed by atoms with Crippen LogP contribution in [0.15, 0.2) is 18.2 Å². The smallest absolute Gasteiger partial charge is 0.325 e. The van der Waals surface area contributed by atoms with Crippen LogP contribution in [0.2, 0.25) is 0 Å². The molecule has 4 nitrogen and oxygen atoms in total. The molecule has 0 bridgehead atoms. The van der Waals surface area contributed by atoms with E-state index < -0.39 is 17.8 Å². The number of nitrogens with two attached hydrogens (primary N) is 1. The fourth-order valence-electron chi connectivity index (χ4n) is 1.08. The molecule has 0 heterocycles. The number of rotatable bonds is 3. The van der Waals surface area contributed by atoms with E-state index >= 15 is 0 Å². The zero-order valence-corrected chi connectivity index (χ0v) is 8.75. The molecule has 0 saturated carbocycles. The molecule has 0 saturated heterocycles. The Hall–Kier alpha value is -1.33. The van der Waals surface area contributed by atoms with E-state index in [4.69, 9.17) is 15.6 Å². The molecule has 0 fully saturated rings. The Labute approximate surface area is 92.3 Å². The first-order valence-electron chi connectivity index (χ1n) is 3.88. The summed E-state index contributed by atoms with van der Waals surface area (Å²) in [4.78, 5) is 10.6. The molecule has 3 N–H and O–H groups in total. The molecule has 1 aromatic rings. The molecule has 84 valence electrons. The molecule has 0 aromatic heterocycles. The molecule has 6 heteroatoms. The van der Waals surface area contributed by atoms with E-state index in [0.29, 0.717) is 0 Å². The van der Waals surface area contributed by atoms with Crippen LogP contribution in [0.5, 0.6) is 5.75 Å². The second-order valence-corrected chi connectivity index (χ2v) is 2.70. The minimum atomic E-state index is -1.28. The number of benzene rings is 1. The Morgan fingerprint density at radius 1 is 1.60 bits per heavy atom. The van der Waals surface area contributed by atoms with Crippen LogP contribution < -0.4 is 10.5 Å². The van der Waals surface area contributed by atoms with E-state index in [9.17, 15) is 9.18 Å². The van der Waals surface area contributed by atoms with E-state index in [1.807, 2.05) is 0 Å². The van der Waals surface area contributed by atoms with Crippen molar-refractivity contribution in [1.82, 2.24) is 0 Å². The van der Waals surface area contributed by atoms with Crippen molar-refractivity contribution in [2.75, 3.05) is 7.11 Å². The average molecular weight is 236 g/mol. The summed E-state index contributed by atoms with van der Waals surface area (Å²) in [5.41, 5.74) is 5.46. The average Bonchev–Trinajstić information content (AvgIpc) is 2.16. The van der Waals surface area contributed by atoms with Gasteiger partial charge in [0.1, 0.15) is 17.6 Å². The number of halogens is 2. The van der Waals surface area contributed by atoms with Gasteiger partial charge in [-0.2, -0.15) is 0 Å². The monoisotopic (exact) mass is 235 g/mol. The number of carboxylic acids is 1. The third-order valence-corrected chi connectivity index (χ3v) is 1.79. The Bertz CT molecular complexity index is 359. The van der Waals surface area contributed by atoms with Gasteiger partial charge in [-0.05, 0) is 18.2 Å². The summed E-state index contributed by atoms with van der Waals surface area (Å²) in [7, 11) is 1.37. The molecule has 0 spiro atoms. The van der Waals surface area contributed by atoms with Crippen LogP contribution in [0.3, 0.4) is 0 Å². The highest BCUT2D eigenvalue weighted by molar-refractivity contribution is 5.85. The molecule has 1 unspecified atom stereocenters. The summed E-state index contributed by atoms with van der Waals surface area (Å²) in [6, 6.07) is 2.29. The topological polar surface area (TPSA) is 72.5 Å². The van der Waals surface area contributed by atoms with Gasteiger partial charge in [0.25, 0.3) is 0 Å². The van der Waals surface area contributed by atoms with Gasteiger partial charge in [0.15, 0.2) is 0 Å². The van der Waals surface area contributed by atoms with Gasteiger partial charge in [-0.15, -0.1) is 12.4 Å². The lowest BCUT2D eigenvalue weighted by atomic mass is 10.1. The van der Waals surface area contributed by atoms with Crippen molar-refractivity contribution in [2.45, 2.75) is 6.04 Å². The van der Waals surface area contributed by atoms with Crippen molar-refractivity contribution in [3.8, 4) is 5.75 Å². The van der Waals surface area contributed by atoms with Crippen LogP contribution in [-0.2, 0) is 4.79 Å². The van der Waals surface area contributed by atoms with Crippen LogP contribution >= 0.6 is 12.4 Å². The van der Waals surface area contributed by atoms with Gasteiger partial charge < -0.3 is 15.6 Å². The van der Waals surface area contributed by atoms with Gasteiger partial charge >= 0.3 is 5.97 Å². The molecule has 0 aliphatic rings. The maximum Gasteiger partial charge on any atom is 0.325 e. The largest absolute Gasteiger partial charge is 0.496 e. The second-order valence-electron chi connectivity index (χ2n) is 2.70. The number of hydrogen-bond acceptors (Lipinski definition) is 3. The fraction of sp³-hybridized carbons (Fsp3) is 0.222. The minimum absolute atomic E-state index is 0. The van der Waals surface area contributed by atoms with Crippen LogP contribution in [0, 0.1) is 5.82 Å². The van der Waals surface area contributed by atoms with Crippen LogP contribution in [0.4, 0.5) is 4.39 Å². The predicted octanol–water partition coefficient (Wildman–Crippen LogP) is 1.34. The molecule has 0 aliphatic heterocycles. The predicted molar refractivity (Wildman–Crippen MR) is 54.8 cm³/mol. The van der Waals surface area contributed by atoms with E-state index in [1.165, 1.54) is 19.2 Å².